The van der Waals surface area contributed by atoms with Crippen molar-refractivity contribution in [2.45, 2.75) is 19.9 Å². The number of rotatable bonds is 7. The molecule has 0 unspecified atom stereocenters. The Hall–Kier alpha value is -1.40. The Balaban J connectivity index is 2.60. The van der Waals surface area contributed by atoms with Crippen molar-refractivity contribution in [3.8, 4) is 5.75 Å². The lowest BCUT2D eigenvalue weighted by atomic mass is 10.1. The minimum Gasteiger partial charge on any atom is -0.496 e. The molecule has 116 valence electrons. The number of nitrogens with one attached hydrogen (secondary N) is 1. The second-order valence-electron chi connectivity index (χ2n) is 5.17. The van der Waals surface area contributed by atoms with E-state index in [1.165, 1.54) is 0 Å². The van der Waals surface area contributed by atoms with Crippen molar-refractivity contribution in [3.05, 3.63) is 28.2 Å². The quantitative estimate of drug-likeness (QED) is 0.760. The van der Waals surface area contributed by atoms with Gasteiger partial charge in [0.1, 0.15) is 5.75 Å². The summed E-state index contributed by atoms with van der Waals surface area (Å²) in [5.74, 6) is 0.547. The van der Waals surface area contributed by atoms with Crippen LogP contribution in [-0.4, -0.2) is 49.9 Å². The third-order valence-corrected chi connectivity index (χ3v) is 3.37. The van der Waals surface area contributed by atoms with Crippen LogP contribution in [0.1, 0.15) is 24.2 Å². The van der Waals surface area contributed by atoms with Gasteiger partial charge in [-0.25, -0.2) is 0 Å². The van der Waals surface area contributed by atoms with Gasteiger partial charge < -0.3 is 10.1 Å². The minimum atomic E-state index is -0.0868. The summed E-state index contributed by atoms with van der Waals surface area (Å²) in [4.78, 5) is 25.5. The molecule has 0 saturated carbocycles. The lowest BCUT2D eigenvalue weighted by Gasteiger charge is -2.17. The molecule has 0 aliphatic carbocycles. The van der Waals surface area contributed by atoms with Gasteiger partial charge in [0.25, 0.3) is 0 Å². The van der Waals surface area contributed by atoms with E-state index < -0.39 is 0 Å². The second kappa shape index (κ2) is 8.14. The molecular formula is C15H21BrN2O3. The van der Waals surface area contributed by atoms with Crippen molar-refractivity contribution in [3.63, 3.8) is 0 Å². The first-order valence-corrected chi connectivity index (χ1v) is 7.47. The number of methoxy groups -OCH3 is 1. The normalized spacial score (nSPS) is 10.8. The summed E-state index contributed by atoms with van der Waals surface area (Å²) in [7, 11) is 3.32. The SMILES string of the molecule is COc1ccc(C(=O)CN(C)CC(=O)NC(C)C)cc1Br. The zero-order valence-electron chi connectivity index (χ0n) is 12.8. The Morgan fingerprint density at radius 3 is 2.52 bits per heavy atom. The number of ketones is 1. The maximum atomic E-state index is 12.2. The third-order valence-electron chi connectivity index (χ3n) is 2.75. The summed E-state index contributed by atoms with van der Waals surface area (Å²) < 4.78 is 5.86. The fourth-order valence-corrected chi connectivity index (χ4v) is 2.39. The summed E-state index contributed by atoms with van der Waals surface area (Å²) in [5, 5.41) is 2.79. The van der Waals surface area contributed by atoms with Crippen LogP contribution in [0.15, 0.2) is 22.7 Å². The Bertz CT molecular complexity index is 518. The summed E-state index contributed by atoms with van der Waals surface area (Å²) >= 11 is 3.35. The number of amides is 1. The van der Waals surface area contributed by atoms with Gasteiger partial charge in [-0.05, 0) is 55.0 Å². The monoisotopic (exact) mass is 356 g/mol. The number of benzene rings is 1. The van der Waals surface area contributed by atoms with Gasteiger partial charge in [0, 0.05) is 11.6 Å². The van der Waals surface area contributed by atoms with Crippen molar-refractivity contribution < 1.29 is 14.3 Å². The van der Waals surface area contributed by atoms with Gasteiger partial charge in [0.05, 0.1) is 24.7 Å². The predicted molar refractivity (Wildman–Crippen MR) is 85.8 cm³/mol. The number of ether oxygens (including phenoxy) is 1. The number of carbonyl (C=O) groups excluding carboxylic acids is 2. The molecule has 0 aromatic heterocycles. The van der Waals surface area contributed by atoms with Gasteiger partial charge in [-0.1, -0.05) is 0 Å². The fourth-order valence-electron chi connectivity index (χ4n) is 1.84. The van der Waals surface area contributed by atoms with Crippen LogP contribution in [0.25, 0.3) is 0 Å². The molecule has 0 heterocycles. The van der Waals surface area contributed by atoms with Crippen LogP contribution in [0, 0.1) is 0 Å². The number of nitrogens with zero attached hydrogens (tertiary/aromatic N) is 1. The summed E-state index contributed by atoms with van der Waals surface area (Å²) in [6, 6.07) is 5.28. The summed E-state index contributed by atoms with van der Waals surface area (Å²) in [6.45, 7) is 4.18. The molecular weight excluding hydrogens is 336 g/mol. The smallest absolute Gasteiger partial charge is 0.234 e. The van der Waals surface area contributed by atoms with E-state index >= 15 is 0 Å². The average molecular weight is 357 g/mol. The fraction of sp³-hybridized carbons (Fsp3) is 0.467. The van der Waals surface area contributed by atoms with Crippen LogP contribution in [0.3, 0.4) is 0 Å². The molecule has 1 N–H and O–H groups in total. The maximum absolute atomic E-state index is 12.2. The topological polar surface area (TPSA) is 58.6 Å². The molecule has 0 spiro atoms. The van der Waals surface area contributed by atoms with Crippen LogP contribution >= 0.6 is 15.9 Å². The molecule has 0 atom stereocenters. The largest absolute Gasteiger partial charge is 0.496 e. The molecule has 0 aliphatic rings. The summed E-state index contributed by atoms with van der Waals surface area (Å²) in [5.41, 5.74) is 0.582. The van der Waals surface area contributed by atoms with Gasteiger partial charge >= 0.3 is 0 Å². The summed E-state index contributed by atoms with van der Waals surface area (Å²) in [6.07, 6.45) is 0. The Morgan fingerprint density at radius 1 is 1.33 bits per heavy atom. The van der Waals surface area contributed by atoms with E-state index in [0.717, 1.165) is 4.47 Å². The second-order valence-corrected chi connectivity index (χ2v) is 6.02. The highest BCUT2D eigenvalue weighted by Gasteiger charge is 2.14. The van der Waals surface area contributed by atoms with Crippen molar-refractivity contribution in [2.24, 2.45) is 0 Å². The van der Waals surface area contributed by atoms with E-state index in [4.69, 9.17) is 4.74 Å². The molecule has 21 heavy (non-hydrogen) atoms. The standard InChI is InChI=1S/C15H21BrN2O3/c1-10(2)17-15(20)9-18(3)8-13(19)11-5-6-14(21-4)12(16)7-11/h5-7,10H,8-9H2,1-4H3,(H,17,20). The van der Waals surface area contributed by atoms with E-state index in [2.05, 4.69) is 21.2 Å². The number of carbonyl (C=O) groups is 2. The number of Topliss-reactive ketones (excluding diaryl/α,β-unsaturated/α-hetero) is 1. The van der Waals surface area contributed by atoms with Crippen molar-refractivity contribution in [1.29, 1.82) is 0 Å². The maximum Gasteiger partial charge on any atom is 0.234 e. The zero-order chi connectivity index (χ0) is 16.0. The van der Waals surface area contributed by atoms with E-state index in [1.807, 2.05) is 13.8 Å². The van der Waals surface area contributed by atoms with Crippen LogP contribution in [0.5, 0.6) is 5.75 Å². The first kappa shape index (κ1) is 17.7. The molecule has 1 aromatic carbocycles. The lowest BCUT2D eigenvalue weighted by Crippen LogP contribution is -2.40. The zero-order valence-corrected chi connectivity index (χ0v) is 14.4. The number of likely N-dealkylation sites (N-methyl/N-ethyl adjacent to an activating group) is 1. The first-order chi connectivity index (χ1) is 9.83. The van der Waals surface area contributed by atoms with Crippen LogP contribution in [-0.2, 0) is 4.79 Å². The van der Waals surface area contributed by atoms with E-state index in [0.29, 0.717) is 11.3 Å². The van der Waals surface area contributed by atoms with Gasteiger partial charge in [-0.3, -0.25) is 14.5 Å². The van der Waals surface area contributed by atoms with Crippen molar-refractivity contribution >= 4 is 27.6 Å². The van der Waals surface area contributed by atoms with Gasteiger partial charge in [0.15, 0.2) is 5.78 Å². The van der Waals surface area contributed by atoms with Gasteiger partial charge in [-0.2, -0.15) is 0 Å². The van der Waals surface area contributed by atoms with E-state index in [9.17, 15) is 9.59 Å². The number of hydrogen-bond donors (Lipinski definition) is 1. The molecule has 6 heteroatoms. The average Bonchev–Trinajstić information content (AvgIpc) is 2.36. The van der Waals surface area contributed by atoms with Crippen molar-refractivity contribution in [1.82, 2.24) is 10.2 Å². The molecule has 0 fully saturated rings. The number of halogens is 1. The molecule has 0 saturated heterocycles. The van der Waals surface area contributed by atoms with E-state index in [-0.39, 0.29) is 30.8 Å². The Morgan fingerprint density at radius 2 is 2.00 bits per heavy atom. The molecule has 0 bridgehead atoms. The lowest BCUT2D eigenvalue weighted by molar-refractivity contribution is -0.122. The Labute approximate surface area is 133 Å². The Kier molecular flexibility index (Phi) is 6.84. The van der Waals surface area contributed by atoms with Crippen LogP contribution < -0.4 is 10.1 Å². The first-order valence-electron chi connectivity index (χ1n) is 6.68. The minimum absolute atomic E-state index is 0.0433. The molecule has 1 rings (SSSR count). The third kappa shape index (κ3) is 5.85. The molecule has 5 nitrogen and oxygen atoms in total. The molecule has 1 amide bonds. The van der Waals surface area contributed by atoms with Crippen LogP contribution in [0.2, 0.25) is 0 Å². The predicted octanol–water partition coefficient (Wildman–Crippen LogP) is 2.10. The van der Waals surface area contributed by atoms with Gasteiger partial charge in [0.2, 0.25) is 5.91 Å². The van der Waals surface area contributed by atoms with Crippen LogP contribution in [0.4, 0.5) is 0 Å². The highest BCUT2D eigenvalue weighted by atomic mass is 79.9. The highest BCUT2D eigenvalue weighted by molar-refractivity contribution is 9.10. The van der Waals surface area contributed by atoms with Gasteiger partial charge in [-0.15, -0.1) is 0 Å². The number of hydrogen-bond acceptors (Lipinski definition) is 4. The van der Waals surface area contributed by atoms with Crippen molar-refractivity contribution in [2.75, 3.05) is 27.2 Å². The molecule has 0 radical (unpaired) electrons. The molecule has 0 aliphatic heterocycles. The van der Waals surface area contributed by atoms with E-state index in [1.54, 1.807) is 37.3 Å². The highest BCUT2D eigenvalue weighted by Crippen LogP contribution is 2.25. The molecule has 1 aromatic rings.